The van der Waals surface area contributed by atoms with E-state index in [2.05, 4.69) is 47.6 Å². The molecule has 6 nitrogen and oxygen atoms in total. The standard InChI is InChI=1S/C21H31N3O3/c1-4-12-24(3)20(25)14-22-21(26)27-13-7-5-6-9-17-10-8-11-18-15-23(2)16-19(17)18/h6,8-11H,4-5,7,12-16H2,1-3H3,(H,22,26). The molecule has 0 atom stereocenters. The smallest absolute Gasteiger partial charge is 0.407 e. The molecule has 0 radical (unpaired) electrons. The van der Waals surface area contributed by atoms with Gasteiger partial charge < -0.3 is 15.0 Å². The first-order valence-electron chi connectivity index (χ1n) is 9.61. The SMILES string of the molecule is CCCN(C)C(=O)CNC(=O)OCCCC=Cc1cccc2c1CN(C)C2. The van der Waals surface area contributed by atoms with E-state index in [1.165, 1.54) is 16.7 Å². The average molecular weight is 373 g/mol. The lowest BCUT2D eigenvalue weighted by atomic mass is 10.0. The van der Waals surface area contributed by atoms with Crippen LogP contribution in [-0.2, 0) is 22.6 Å². The van der Waals surface area contributed by atoms with E-state index < -0.39 is 6.09 Å². The Kier molecular flexibility index (Phi) is 8.33. The Hall–Kier alpha value is -2.34. The Morgan fingerprint density at radius 2 is 2.15 bits per heavy atom. The van der Waals surface area contributed by atoms with Gasteiger partial charge in [0.25, 0.3) is 0 Å². The normalized spacial score (nSPS) is 13.6. The summed E-state index contributed by atoms with van der Waals surface area (Å²) >= 11 is 0. The summed E-state index contributed by atoms with van der Waals surface area (Å²) in [5.74, 6) is -0.113. The van der Waals surface area contributed by atoms with Crippen molar-refractivity contribution in [3.05, 3.63) is 41.0 Å². The second kappa shape index (κ2) is 10.7. The summed E-state index contributed by atoms with van der Waals surface area (Å²) in [7, 11) is 3.86. The van der Waals surface area contributed by atoms with Crippen LogP contribution in [0.15, 0.2) is 24.3 Å². The molecule has 2 rings (SSSR count). The van der Waals surface area contributed by atoms with Crippen molar-refractivity contribution in [2.45, 2.75) is 39.3 Å². The first-order valence-corrected chi connectivity index (χ1v) is 9.61. The van der Waals surface area contributed by atoms with Crippen molar-refractivity contribution in [1.29, 1.82) is 0 Å². The summed E-state index contributed by atoms with van der Waals surface area (Å²) < 4.78 is 5.11. The van der Waals surface area contributed by atoms with Crippen molar-refractivity contribution in [3.8, 4) is 0 Å². The van der Waals surface area contributed by atoms with Gasteiger partial charge in [-0.05, 0) is 43.0 Å². The van der Waals surface area contributed by atoms with Crippen LogP contribution in [0.5, 0.6) is 0 Å². The number of amides is 2. The van der Waals surface area contributed by atoms with E-state index in [1.54, 1.807) is 11.9 Å². The van der Waals surface area contributed by atoms with Crippen LogP contribution in [0.4, 0.5) is 4.79 Å². The van der Waals surface area contributed by atoms with Crippen LogP contribution in [0.25, 0.3) is 6.08 Å². The van der Waals surface area contributed by atoms with Gasteiger partial charge in [0.1, 0.15) is 6.54 Å². The number of hydrogen-bond acceptors (Lipinski definition) is 4. The molecule has 0 aliphatic carbocycles. The summed E-state index contributed by atoms with van der Waals surface area (Å²) in [5, 5.41) is 2.50. The summed E-state index contributed by atoms with van der Waals surface area (Å²) in [6, 6.07) is 6.43. The van der Waals surface area contributed by atoms with Crippen molar-refractivity contribution in [2.75, 3.05) is 33.8 Å². The zero-order valence-corrected chi connectivity index (χ0v) is 16.7. The van der Waals surface area contributed by atoms with Gasteiger partial charge in [-0.2, -0.15) is 0 Å². The molecule has 0 saturated heterocycles. The van der Waals surface area contributed by atoms with Gasteiger partial charge in [0.2, 0.25) is 5.91 Å². The predicted molar refractivity (Wildman–Crippen MR) is 107 cm³/mol. The predicted octanol–water partition coefficient (Wildman–Crippen LogP) is 3.02. The molecule has 0 spiro atoms. The number of carbonyl (C=O) groups excluding carboxylic acids is 2. The van der Waals surface area contributed by atoms with Crippen LogP contribution in [0.3, 0.4) is 0 Å². The van der Waals surface area contributed by atoms with Crippen LogP contribution in [0.2, 0.25) is 0 Å². The molecule has 27 heavy (non-hydrogen) atoms. The number of fused-ring (bicyclic) bond motifs is 1. The molecule has 1 aromatic rings. The van der Waals surface area contributed by atoms with Gasteiger partial charge in [0.05, 0.1) is 6.61 Å². The largest absolute Gasteiger partial charge is 0.450 e. The number of unbranched alkanes of at least 4 members (excludes halogenated alkanes) is 1. The van der Waals surface area contributed by atoms with Gasteiger partial charge in [-0.3, -0.25) is 9.69 Å². The average Bonchev–Trinajstić information content (AvgIpc) is 3.03. The number of likely N-dealkylation sites (N-methyl/N-ethyl adjacent to an activating group) is 1. The molecule has 1 aromatic carbocycles. The number of rotatable bonds is 9. The fourth-order valence-electron chi connectivity index (χ4n) is 3.14. The van der Waals surface area contributed by atoms with Crippen LogP contribution < -0.4 is 5.32 Å². The third kappa shape index (κ3) is 6.71. The minimum Gasteiger partial charge on any atom is -0.450 e. The Balaban J connectivity index is 1.62. The molecular formula is C21H31N3O3. The van der Waals surface area contributed by atoms with Crippen LogP contribution in [0, 0.1) is 0 Å². The number of carbonyl (C=O) groups is 2. The van der Waals surface area contributed by atoms with E-state index in [0.29, 0.717) is 13.2 Å². The number of nitrogens with zero attached hydrogens (tertiary/aromatic N) is 2. The summed E-state index contributed by atoms with van der Waals surface area (Å²) in [5.41, 5.74) is 4.08. The number of alkyl carbamates (subject to hydrolysis) is 1. The molecule has 0 bridgehead atoms. The Bertz CT molecular complexity index is 673. The highest BCUT2D eigenvalue weighted by Crippen LogP contribution is 2.25. The number of allylic oxidation sites excluding steroid dienone is 1. The molecule has 1 heterocycles. The number of ether oxygens (including phenoxy) is 1. The summed E-state index contributed by atoms with van der Waals surface area (Å²) in [4.78, 5) is 27.3. The van der Waals surface area contributed by atoms with Gasteiger partial charge in [0.15, 0.2) is 0 Å². The lowest BCUT2D eigenvalue weighted by molar-refractivity contribution is -0.128. The maximum atomic E-state index is 11.7. The molecule has 1 aliphatic heterocycles. The molecule has 1 aliphatic rings. The van der Waals surface area contributed by atoms with E-state index in [-0.39, 0.29) is 12.5 Å². The number of hydrogen-bond donors (Lipinski definition) is 1. The minimum atomic E-state index is -0.541. The summed E-state index contributed by atoms with van der Waals surface area (Å²) in [6.07, 6.45) is 6.22. The van der Waals surface area contributed by atoms with Crippen molar-refractivity contribution in [2.24, 2.45) is 0 Å². The third-order valence-electron chi connectivity index (χ3n) is 4.59. The van der Waals surface area contributed by atoms with E-state index in [0.717, 1.165) is 32.4 Å². The maximum absolute atomic E-state index is 11.7. The second-order valence-electron chi connectivity index (χ2n) is 7.01. The molecule has 0 unspecified atom stereocenters. The molecule has 0 aromatic heterocycles. The monoisotopic (exact) mass is 373 g/mol. The van der Waals surface area contributed by atoms with Gasteiger partial charge >= 0.3 is 6.09 Å². The van der Waals surface area contributed by atoms with Gasteiger partial charge in [-0.25, -0.2) is 4.79 Å². The Labute approximate surface area is 162 Å². The molecule has 0 fully saturated rings. The fourth-order valence-corrected chi connectivity index (χ4v) is 3.14. The van der Waals surface area contributed by atoms with E-state index in [9.17, 15) is 9.59 Å². The maximum Gasteiger partial charge on any atom is 0.407 e. The lowest BCUT2D eigenvalue weighted by Crippen LogP contribution is -2.38. The zero-order chi connectivity index (χ0) is 19.6. The van der Waals surface area contributed by atoms with E-state index >= 15 is 0 Å². The van der Waals surface area contributed by atoms with E-state index in [1.807, 2.05) is 6.92 Å². The highest BCUT2D eigenvalue weighted by atomic mass is 16.5. The Morgan fingerprint density at radius 1 is 1.33 bits per heavy atom. The van der Waals surface area contributed by atoms with Crippen molar-refractivity contribution >= 4 is 18.1 Å². The quantitative estimate of drug-likeness (QED) is 0.676. The topological polar surface area (TPSA) is 61.9 Å². The van der Waals surface area contributed by atoms with Crippen LogP contribution in [0.1, 0.15) is 42.9 Å². The molecule has 0 saturated carbocycles. The fraction of sp³-hybridized carbons (Fsp3) is 0.524. The Morgan fingerprint density at radius 3 is 2.93 bits per heavy atom. The van der Waals surface area contributed by atoms with Crippen LogP contribution in [-0.4, -0.2) is 55.6 Å². The van der Waals surface area contributed by atoms with Crippen molar-refractivity contribution in [3.63, 3.8) is 0 Å². The van der Waals surface area contributed by atoms with Crippen molar-refractivity contribution < 1.29 is 14.3 Å². The molecule has 1 N–H and O–H groups in total. The highest BCUT2D eigenvalue weighted by Gasteiger charge is 2.16. The molecule has 6 heteroatoms. The minimum absolute atomic E-state index is 0.0250. The number of nitrogens with one attached hydrogen (secondary N) is 1. The molecule has 2 amide bonds. The zero-order valence-electron chi connectivity index (χ0n) is 16.7. The highest BCUT2D eigenvalue weighted by molar-refractivity contribution is 5.82. The first kappa shape index (κ1) is 21.0. The van der Waals surface area contributed by atoms with Gasteiger partial charge in [-0.15, -0.1) is 0 Å². The molecular weight excluding hydrogens is 342 g/mol. The van der Waals surface area contributed by atoms with Crippen LogP contribution >= 0.6 is 0 Å². The third-order valence-corrected chi connectivity index (χ3v) is 4.59. The van der Waals surface area contributed by atoms with Gasteiger partial charge in [-0.1, -0.05) is 37.3 Å². The first-order chi connectivity index (χ1) is 13.0. The molecule has 148 valence electrons. The number of benzene rings is 1. The van der Waals surface area contributed by atoms with E-state index in [4.69, 9.17) is 4.74 Å². The summed E-state index contributed by atoms with van der Waals surface area (Å²) in [6.45, 7) is 5.00. The van der Waals surface area contributed by atoms with Gasteiger partial charge in [0, 0.05) is 26.7 Å². The second-order valence-corrected chi connectivity index (χ2v) is 7.01. The van der Waals surface area contributed by atoms with Crippen molar-refractivity contribution in [1.82, 2.24) is 15.1 Å². The lowest BCUT2D eigenvalue weighted by Gasteiger charge is -2.16.